The second-order valence-corrected chi connectivity index (χ2v) is 27.2. The van der Waals surface area contributed by atoms with Gasteiger partial charge in [0, 0.05) is 59.5 Å². The van der Waals surface area contributed by atoms with Crippen LogP contribution in [0, 0.1) is 129 Å². The van der Waals surface area contributed by atoms with Crippen LogP contribution in [0.15, 0.2) is 136 Å². The summed E-state index contributed by atoms with van der Waals surface area (Å²) in [4.78, 5) is 152. The fourth-order valence-electron chi connectivity index (χ4n) is 9.46. The number of nitriles is 6. The van der Waals surface area contributed by atoms with Crippen LogP contribution in [0.25, 0.3) is 36.5 Å². The summed E-state index contributed by atoms with van der Waals surface area (Å²) in [6.45, 7) is -0.911. The highest BCUT2D eigenvalue weighted by molar-refractivity contribution is 7.14. The van der Waals surface area contributed by atoms with Crippen LogP contribution < -0.4 is 31.9 Å². The predicted molar refractivity (Wildman–Crippen MR) is 462 cm³/mol. The largest absolute Gasteiger partial charge is 0.504 e. The van der Waals surface area contributed by atoms with Crippen molar-refractivity contribution < 1.29 is 135 Å². The zero-order valence-electron chi connectivity index (χ0n) is 67.6. The first-order valence-electron chi connectivity index (χ1n) is 35.5. The van der Waals surface area contributed by atoms with E-state index in [1.165, 1.54) is 24.1 Å². The Morgan fingerprint density at radius 1 is 0.403 bits per heavy atom. The molecule has 63 nitrogen and oxygen atoms in total. The highest BCUT2D eigenvalue weighted by Crippen LogP contribution is 2.43. The minimum atomic E-state index is -1.64. The molecule has 139 heavy (non-hydrogen) atoms. The van der Waals surface area contributed by atoms with Crippen LogP contribution in [-0.2, 0) is 33.6 Å². The van der Waals surface area contributed by atoms with Crippen LogP contribution in [0.5, 0.6) is 69.0 Å². The summed E-state index contributed by atoms with van der Waals surface area (Å²) in [5, 5.41) is 290. The molecule has 1 atom stereocenters. The van der Waals surface area contributed by atoms with E-state index in [1.54, 1.807) is 35.7 Å². The van der Waals surface area contributed by atoms with E-state index >= 15 is 0 Å². The molecule has 1 unspecified atom stereocenters. The molecule has 0 spiro atoms. The van der Waals surface area contributed by atoms with Crippen LogP contribution in [-0.4, -0.2) is 215 Å². The minimum Gasteiger partial charge on any atom is -0.504 e. The Morgan fingerprint density at radius 2 is 0.719 bits per heavy atom. The Morgan fingerprint density at radius 3 is 0.971 bits per heavy atom. The van der Waals surface area contributed by atoms with Gasteiger partial charge >= 0.3 is 40.1 Å². The Kier molecular flexibility index (Phi) is 37.6. The molecule has 0 aliphatic heterocycles. The van der Waals surface area contributed by atoms with Gasteiger partial charge < -0.3 is 76.8 Å². The van der Waals surface area contributed by atoms with E-state index in [-0.39, 0.29) is 77.4 Å². The number of H-pyrrole nitrogens is 2. The van der Waals surface area contributed by atoms with Crippen molar-refractivity contribution in [1.29, 1.82) is 31.6 Å². The number of nitrogens with one attached hydrogen (secondary N) is 8. The summed E-state index contributed by atoms with van der Waals surface area (Å²) >= 11 is 3.10. The number of anilines is 5. The minimum absolute atomic E-state index is 0.00374. The van der Waals surface area contributed by atoms with Crippen LogP contribution >= 0.6 is 34.2 Å². The summed E-state index contributed by atoms with van der Waals surface area (Å²) in [6, 6.07) is 19.1. The van der Waals surface area contributed by atoms with Crippen molar-refractivity contribution in [3.05, 3.63) is 230 Å². The van der Waals surface area contributed by atoms with Crippen LogP contribution in [0.3, 0.4) is 0 Å². The van der Waals surface area contributed by atoms with Crippen molar-refractivity contribution in [3.63, 3.8) is 0 Å². The number of phenols is 12. The van der Waals surface area contributed by atoms with Gasteiger partial charge in [-0.1, -0.05) is 16.4 Å². The van der Waals surface area contributed by atoms with Gasteiger partial charge in [0.2, 0.25) is 50.7 Å². The molecule has 0 saturated carbocycles. The maximum atomic E-state index is 11.9. The number of carbonyl (C=O) groups excluding carboxylic acids is 6. The summed E-state index contributed by atoms with van der Waals surface area (Å²) in [5.41, 5.74) is -6.01. The van der Waals surface area contributed by atoms with Crippen molar-refractivity contribution in [2.24, 2.45) is 0 Å². The van der Waals surface area contributed by atoms with Crippen LogP contribution in [0.4, 0.5) is 61.4 Å². The number of aromatic hydroxyl groups is 12. The fourth-order valence-corrected chi connectivity index (χ4v) is 10.8. The van der Waals surface area contributed by atoms with E-state index in [0.29, 0.717) is 0 Å². The summed E-state index contributed by atoms with van der Waals surface area (Å²) in [6.07, 6.45) is 9.79. The monoisotopic (exact) mass is 1970 g/mol. The molecular weight excluding hydrogens is 1920 g/mol. The van der Waals surface area contributed by atoms with Crippen molar-refractivity contribution in [2.75, 3.05) is 33.2 Å². The highest BCUT2D eigenvalue weighted by Gasteiger charge is 2.28. The second-order valence-electron chi connectivity index (χ2n) is 24.7. The number of carboxylic acid groups (broad SMARTS) is 1. The number of tetrazole rings is 1. The Labute approximate surface area is 776 Å². The number of nitro benzene ring substituents is 6. The van der Waals surface area contributed by atoms with Gasteiger partial charge in [0.25, 0.3) is 41.4 Å². The lowest BCUT2D eigenvalue weighted by Gasteiger charge is -2.10. The number of aliphatic hydroxyl groups is 1. The van der Waals surface area contributed by atoms with Gasteiger partial charge in [-0.3, -0.25) is 116 Å². The van der Waals surface area contributed by atoms with Gasteiger partial charge in [-0.2, -0.15) is 51.2 Å². The number of aliphatic carboxylic acids is 1. The molecule has 22 N–H and O–H groups in total. The lowest BCUT2D eigenvalue weighted by atomic mass is 10.1. The molecular formula is C73H48N30O33S3. The molecule has 11 aromatic rings. The van der Waals surface area contributed by atoms with Crippen LogP contribution in [0.2, 0.25) is 0 Å². The molecule has 5 heterocycles. The van der Waals surface area contributed by atoms with Crippen molar-refractivity contribution in [2.45, 2.75) is 6.04 Å². The van der Waals surface area contributed by atoms with Gasteiger partial charge in [0.05, 0.1) is 36.1 Å². The number of carbonyl (C=O) groups is 7. The molecule has 66 heteroatoms. The average molecular weight is 1970 g/mol. The first-order chi connectivity index (χ1) is 65.8. The van der Waals surface area contributed by atoms with E-state index in [4.69, 9.17) is 41.8 Å². The Bertz CT molecular complexity index is 6310. The number of nitrogens with zero attached hydrogens (tertiary/aromatic N) is 22. The molecule has 0 aliphatic rings. The number of carboxylic acids is 1. The molecule has 0 bridgehead atoms. The third-order valence-corrected chi connectivity index (χ3v) is 17.5. The van der Waals surface area contributed by atoms with E-state index in [9.17, 15) is 156 Å². The first-order valence-corrected chi connectivity index (χ1v) is 38.0. The van der Waals surface area contributed by atoms with E-state index < -0.39 is 203 Å². The standard InChI is InChI=1S/C13H8N4O5S.C13H11N3O8.C12H8N6O5.2C12H7N5O5S.C11H7N7O5/c14-6-8(12(20)16-13-15-1-2-23-13)3-7-4-9(17(21)22)11(19)10(18)5-7;14-4-7(12(20)15-8(5-17)13(21)22)1-6-2-9(16(23)24)11(19)10(18)3-6;13-4-7(11(21)16-12-14-5-15-17-12)1-6-2-8(18(22)23)10(20)9(19)3-6;13-4-7(11(20)15-12-16-14-5-23-12)1-6-2-8(17(21)22)10(19)9(18)3-6;13-4-7(11(20)16-12-14-5-15-23-12)1-6-2-8(17(21)22)10(19)9(18)3-6;12-4-6(10(21)13-11-14-16-17-15-11)1-5-2-7(18(22)23)9(20)8(19)3-5/h1-5,18-19H,(H,15,16,20);1-3,8,17-19H,5H2,(H,15,20)(H,21,22);1-3,5,19-20H,(H2,14,15,16,17,21);1-3,5,18-19H,(H,15,16,20);1-3,5,18-19H,(H,14,15,16,20);1-3,19-20H,(H2,13,14,15,16,17,21)/b8-3+;4*7-1+;6-1+. The van der Waals surface area contributed by atoms with E-state index in [1.807, 2.05) is 5.32 Å². The number of benzene rings is 6. The quantitative estimate of drug-likeness (QED) is 0.0111. The second kappa shape index (κ2) is 49.5. The topological polar surface area (TPSA) is 1040 Å². The zero-order chi connectivity index (χ0) is 103. The molecule has 0 aliphatic carbocycles. The molecule has 11 rings (SSSR count). The number of aromatic nitrogens is 12. The van der Waals surface area contributed by atoms with Gasteiger partial charge in [0.15, 0.2) is 45.7 Å². The number of rotatable bonds is 26. The number of phenolic OH excluding ortho intramolecular Hbond substituents is 12. The van der Waals surface area contributed by atoms with Gasteiger partial charge in [-0.25, -0.2) is 19.9 Å². The number of aliphatic hydroxyl groups excluding tert-OH is 1. The predicted octanol–water partition coefficient (Wildman–Crippen LogP) is 5.02. The maximum Gasteiger partial charge on any atom is 0.328 e. The van der Waals surface area contributed by atoms with E-state index in [2.05, 4.69) is 86.9 Å². The molecule has 706 valence electrons. The highest BCUT2D eigenvalue weighted by atomic mass is 32.1. The molecule has 5 aromatic heterocycles. The molecule has 6 aromatic carbocycles. The smallest absolute Gasteiger partial charge is 0.328 e. The molecule has 0 radical (unpaired) electrons. The Hall–Kier alpha value is -22.1. The summed E-state index contributed by atoms with van der Waals surface area (Å²) in [5.74, 6) is -17.0. The average Bonchev–Trinajstić information content (AvgIpc) is 1.56. The number of amides is 6. The lowest BCUT2D eigenvalue weighted by Crippen LogP contribution is -2.43. The van der Waals surface area contributed by atoms with Crippen LogP contribution in [0.1, 0.15) is 33.4 Å². The zero-order valence-corrected chi connectivity index (χ0v) is 70.1. The molecule has 6 amide bonds. The van der Waals surface area contributed by atoms with Gasteiger partial charge in [0.1, 0.15) is 88.0 Å². The number of hydrogen-bond acceptors (Lipinski definition) is 51. The normalized spacial score (nSPS) is 11.0. The van der Waals surface area contributed by atoms with Crippen molar-refractivity contribution in [1.82, 2.24) is 65.7 Å². The number of thiazole rings is 1. The van der Waals surface area contributed by atoms with Crippen molar-refractivity contribution in [3.8, 4) is 105 Å². The number of aromatic amines is 2. The number of nitro groups is 6. The fraction of sp³-hybridized carbons (Fsp3) is 0.0274. The summed E-state index contributed by atoms with van der Waals surface area (Å²) < 4.78 is 3.67. The lowest BCUT2D eigenvalue weighted by molar-refractivity contribution is -0.386. The summed E-state index contributed by atoms with van der Waals surface area (Å²) in [7, 11) is 0. The van der Waals surface area contributed by atoms with Gasteiger partial charge in [-0.15, -0.1) is 26.6 Å². The van der Waals surface area contributed by atoms with Gasteiger partial charge in [-0.05, 0) is 111 Å². The maximum absolute atomic E-state index is 11.9. The first kappa shape index (κ1) is 106. The third kappa shape index (κ3) is 30.3. The third-order valence-electron chi connectivity index (χ3n) is 15.6. The molecule has 0 saturated heterocycles. The van der Waals surface area contributed by atoms with E-state index in [0.717, 1.165) is 150 Å². The number of hydrogen-bond donors (Lipinski definition) is 22. The van der Waals surface area contributed by atoms with Crippen molar-refractivity contribution >= 4 is 173 Å². The SMILES string of the molecule is N#C/C(=C\c1cc(O)c(O)c([N+](=O)[O-])c1)C(=O)NC(CO)C(=O)O.N#C/C(=C\c1cc(O)c(O)c([N+](=O)[O-])c1)C(=O)Nc1nccs1.N#C/C(=C\c1cc(O)c(O)c([N+](=O)[O-])c1)C(=O)Nc1ncn[nH]1.N#C/C(=C\c1cc(O)c(O)c([N+](=O)[O-])c1)C(=O)Nc1ncns1.N#C/C(=C\c1cc(O)c(O)c([N+](=O)[O-])c1)C(=O)Nc1nn[nH]n1.N#C/C(=C\c1cc(O)c(O)c([N+](=O)[O-])c1)C(=O)Nc1nncs1. The Balaban J connectivity index is 0.000000256. The molecule has 0 fully saturated rings.